The average Bonchev–Trinajstić information content (AvgIpc) is 2.71. The van der Waals surface area contributed by atoms with Crippen molar-refractivity contribution in [3.05, 3.63) is 101 Å². The van der Waals surface area contributed by atoms with Gasteiger partial charge in [0.25, 0.3) is 0 Å². The van der Waals surface area contributed by atoms with Crippen LogP contribution in [0.2, 0.25) is 0 Å². The van der Waals surface area contributed by atoms with E-state index in [1.54, 1.807) is 6.08 Å². The van der Waals surface area contributed by atoms with E-state index in [2.05, 4.69) is 90.1 Å². The predicted molar refractivity (Wildman–Crippen MR) is 129 cm³/mol. The average molecular weight is 397 g/mol. The summed E-state index contributed by atoms with van der Waals surface area (Å²) in [5.74, 6) is 0.0181. The molecule has 3 aromatic carbocycles. The number of benzene rings is 3. The van der Waals surface area contributed by atoms with Crippen molar-refractivity contribution in [1.29, 1.82) is 0 Å². The van der Waals surface area contributed by atoms with Gasteiger partial charge < -0.3 is 0 Å². The van der Waals surface area contributed by atoms with Crippen LogP contribution >= 0.6 is 0 Å². The van der Waals surface area contributed by atoms with E-state index in [4.69, 9.17) is 0 Å². The summed E-state index contributed by atoms with van der Waals surface area (Å²) in [4.78, 5) is 12.6. The minimum absolute atomic E-state index is 0.0181. The van der Waals surface area contributed by atoms with E-state index >= 15 is 0 Å². The maximum Gasteiger partial charge on any atom is 0.185 e. The molecular formula is C29H32O. The Morgan fingerprint density at radius 3 is 1.43 bits per heavy atom. The Hall–Kier alpha value is -2.93. The van der Waals surface area contributed by atoms with Crippen LogP contribution in [0.1, 0.15) is 68.6 Å². The number of carbonyl (C=O) groups is 1. The highest BCUT2D eigenvalue weighted by Gasteiger charge is 2.14. The van der Waals surface area contributed by atoms with Gasteiger partial charge >= 0.3 is 0 Å². The van der Waals surface area contributed by atoms with E-state index in [1.807, 2.05) is 30.3 Å². The second-order valence-corrected chi connectivity index (χ2v) is 9.97. The normalized spacial score (nSPS) is 12.3. The minimum Gasteiger partial charge on any atom is -0.289 e. The summed E-state index contributed by atoms with van der Waals surface area (Å²) in [6.45, 7) is 13.2. The molecule has 0 saturated heterocycles. The number of rotatable bonds is 4. The Balaban J connectivity index is 1.70. The lowest BCUT2D eigenvalue weighted by atomic mass is 9.86. The first-order valence-corrected chi connectivity index (χ1v) is 10.6. The van der Waals surface area contributed by atoms with Crippen molar-refractivity contribution in [2.45, 2.75) is 52.4 Å². The maximum atomic E-state index is 12.6. The lowest BCUT2D eigenvalue weighted by Crippen LogP contribution is -2.10. The molecule has 1 nitrogen and oxygen atoms in total. The summed E-state index contributed by atoms with van der Waals surface area (Å²) in [5.41, 5.74) is 6.90. The zero-order valence-corrected chi connectivity index (χ0v) is 19.0. The predicted octanol–water partition coefficient (Wildman–Crippen LogP) is 7.84. The highest BCUT2D eigenvalue weighted by molar-refractivity contribution is 6.07. The van der Waals surface area contributed by atoms with Gasteiger partial charge in [0.1, 0.15) is 0 Å². The molecule has 0 N–H and O–H groups in total. The molecule has 1 heteroatoms. The third-order valence-electron chi connectivity index (χ3n) is 5.46. The fraction of sp³-hybridized carbons (Fsp3) is 0.276. The van der Waals surface area contributed by atoms with Crippen molar-refractivity contribution in [3.63, 3.8) is 0 Å². The van der Waals surface area contributed by atoms with E-state index in [-0.39, 0.29) is 16.6 Å². The lowest BCUT2D eigenvalue weighted by Gasteiger charge is -2.19. The van der Waals surface area contributed by atoms with Crippen molar-refractivity contribution in [2.24, 2.45) is 0 Å². The van der Waals surface area contributed by atoms with Crippen molar-refractivity contribution in [3.8, 4) is 11.1 Å². The molecule has 0 atom stereocenters. The fourth-order valence-electron chi connectivity index (χ4n) is 3.35. The Morgan fingerprint density at radius 1 is 0.600 bits per heavy atom. The lowest BCUT2D eigenvalue weighted by molar-refractivity contribution is 0.104. The molecule has 0 bridgehead atoms. The molecule has 0 aromatic heterocycles. The molecule has 0 fully saturated rings. The molecule has 3 rings (SSSR count). The number of carbonyl (C=O) groups excluding carboxylic acids is 1. The smallest absolute Gasteiger partial charge is 0.185 e. The summed E-state index contributed by atoms with van der Waals surface area (Å²) in [7, 11) is 0. The molecule has 0 aliphatic carbocycles. The van der Waals surface area contributed by atoms with Gasteiger partial charge in [0, 0.05) is 5.56 Å². The molecule has 0 aliphatic rings. The first-order chi connectivity index (χ1) is 14.0. The second-order valence-electron chi connectivity index (χ2n) is 9.97. The third kappa shape index (κ3) is 5.36. The Kier molecular flexibility index (Phi) is 6.12. The quantitative estimate of drug-likeness (QED) is 0.324. The Bertz CT molecular complexity index is 1020. The molecule has 0 amide bonds. The fourth-order valence-corrected chi connectivity index (χ4v) is 3.35. The van der Waals surface area contributed by atoms with Gasteiger partial charge in [0.05, 0.1) is 0 Å². The van der Waals surface area contributed by atoms with Crippen molar-refractivity contribution in [2.75, 3.05) is 0 Å². The molecule has 0 saturated carbocycles. The minimum atomic E-state index is 0.0181. The molecule has 3 aromatic rings. The molecule has 0 heterocycles. The van der Waals surface area contributed by atoms with Gasteiger partial charge in [-0.2, -0.15) is 0 Å². The monoisotopic (exact) mass is 396 g/mol. The second kappa shape index (κ2) is 8.44. The number of hydrogen-bond donors (Lipinski definition) is 0. The SMILES string of the molecule is CC(C)(C)c1ccc(/C=C/C(=O)c2ccc(-c3ccc(C(C)(C)C)cc3)cc2)cc1. The Morgan fingerprint density at radius 2 is 1.00 bits per heavy atom. The standard InChI is InChI=1S/C29H32O/c1-28(2,3)25-16-7-21(8-17-25)9-20-27(30)24-12-10-22(11-13-24)23-14-18-26(19-15-23)29(4,5)6/h7-20H,1-6H3/b20-9+. The highest BCUT2D eigenvalue weighted by Crippen LogP contribution is 2.26. The first kappa shape index (κ1) is 21.8. The zero-order chi connectivity index (χ0) is 21.9. The van der Waals surface area contributed by atoms with Crippen molar-refractivity contribution >= 4 is 11.9 Å². The largest absolute Gasteiger partial charge is 0.289 e. The molecule has 30 heavy (non-hydrogen) atoms. The summed E-state index contributed by atoms with van der Waals surface area (Å²) in [6.07, 6.45) is 3.53. The highest BCUT2D eigenvalue weighted by atomic mass is 16.1. The van der Waals surface area contributed by atoms with E-state index in [9.17, 15) is 4.79 Å². The van der Waals surface area contributed by atoms with Gasteiger partial charge in [0.15, 0.2) is 5.78 Å². The number of allylic oxidation sites excluding steroid dienone is 1. The van der Waals surface area contributed by atoms with Gasteiger partial charge in [-0.25, -0.2) is 0 Å². The van der Waals surface area contributed by atoms with E-state index in [1.165, 1.54) is 11.1 Å². The molecule has 0 radical (unpaired) electrons. The van der Waals surface area contributed by atoms with Crippen LogP contribution in [-0.2, 0) is 10.8 Å². The summed E-state index contributed by atoms with van der Waals surface area (Å²) in [5, 5.41) is 0. The molecule has 154 valence electrons. The van der Waals surface area contributed by atoms with Crippen LogP contribution in [0.4, 0.5) is 0 Å². The van der Waals surface area contributed by atoms with E-state index in [0.717, 1.165) is 16.7 Å². The molecule has 0 unspecified atom stereocenters. The van der Waals surface area contributed by atoms with Gasteiger partial charge in [-0.05, 0) is 44.7 Å². The van der Waals surface area contributed by atoms with Gasteiger partial charge in [-0.1, -0.05) is 120 Å². The van der Waals surface area contributed by atoms with Crippen LogP contribution in [0.3, 0.4) is 0 Å². The van der Waals surface area contributed by atoms with Crippen LogP contribution in [0.5, 0.6) is 0 Å². The zero-order valence-electron chi connectivity index (χ0n) is 19.0. The van der Waals surface area contributed by atoms with Gasteiger partial charge in [0.2, 0.25) is 0 Å². The van der Waals surface area contributed by atoms with Crippen LogP contribution < -0.4 is 0 Å². The Labute approximate surface area is 181 Å². The van der Waals surface area contributed by atoms with E-state index in [0.29, 0.717) is 5.56 Å². The van der Waals surface area contributed by atoms with Crippen LogP contribution in [0.25, 0.3) is 17.2 Å². The topological polar surface area (TPSA) is 17.1 Å². The van der Waals surface area contributed by atoms with E-state index < -0.39 is 0 Å². The number of hydrogen-bond acceptors (Lipinski definition) is 1. The maximum absolute atomic E-state index is 12.6. The molecule has 0 aliphatic heterocycles. The van der Waals surface area contributed by atoms with Crippen molar-refractivity contribution < 1.29 is 4.79 Å². The number of ketones is 1. The summed E-state index contributed by atoms with van der Waals surface area (Å²) < 4.78 is 0. The van der Waals surface area contributed by atoms with Crippen LogP contribution in [0, 0.1) is 0 Å². The molecule has 0 spiro atoms. The van der Waals surface area contributed by atoms with Crippen LogP contribution in [0.15, 0.2) is 78.9 Å². The van der Waals surface area contributed by atoms with Gasteiger partial charge in [-0.15, -0.1) is 0 Å². The van der Waals surface area contributed by atoms with Gasteiger partial charge in [-0.3, -0.25) is 4.79 Å². The summed E-state index contributed by atoms with van der Waals surface area (Å²) in [6, 6.07) is 24.9. The summed E-state index contributed by atoms with van der Waals surface area (Å²) >= 11 is 0. The van der Waals surface area contributed by atoms with Crippen molar-refractivity contribution in [1.82, 2.24) is 0 Å². The van der Waals surface area contributed by atoms with Crippen LogP contribution in [-0.4, -0.2) is 5.78 Å². The molecular weight excluding hydrogens is 364 g/mol. The first-order valence-electron chi connectivity index (χ1n) is 10.6. The third-order valence-corrected chi connectivity index (χ3v) is 5.46.